The van der Waals surface area contributed by atoms with Crippen molar-refractivity contribution in [2.45, 2.75) is 86.9 Å². The van der Waals surface area contributed by atoms with Crippen LogP contribution in [0.2, 0.25) is 0 Å². The lowest BCUT2D eigenvalue weighted by Crippen LogP contribution is -2.33. The van der Waals surface area contributed by atoms with Crippen LogP contribution in [-0.2, 0) is 10.8 Å². The predicted molar refractivity (Wildman–Crippen MR) is 312 cm³/mol. The van der Waals surface area contributed by atoms with Gasteiger partial charge in [-0.25, -0.2) is 0 Å². The van der Waals surface area contributed by atoms with Crippen molar-refractivity contribution < 1.29 is 4.74 Å². The summed E-state index contributed by atoms with van der Waals surface area (Å²) >= 11 is 0. The zero-order valence-electron chi connectivity index (χ0n) is 42.9. The maximum absolute atomic E-state index is 7.23. The first-order chi connectivity index (χ1) is 37.7. The van der Waals surface area contributed by atoms with E-state index < -0.39 is 10.8 Å². The van der Waals surface area contributed by atoms with Crippen LogP contribution in [0.3, 0.4) is 0 Å². The summed E-state index contributed by atoms with van der Waals surface area (Å²) in [5.41, 5.74) is 26.1. The molecular weight excluding hydrogens is 919 g/mol. The van der Waals surface area contributed by atoms with Gasteiger partial charge in [-0.2, -0.15) is 0 Å². The van der Waals surface area contributed by atoms with Gasteiger partial charge in [0.05, 0.1) is 16.5 Å². The Hall–Kier alpha value is -8.20. The Morgan fingerprint density at radius 2 is 0.711 bits per heavy atom. The summed E-state index contributed by atoms with van der Waals surface area (Å²) in [6.45, 7) is 0. The third-order valence-electron chi connectivity index (χ3n) is 18.9. The fourth-order valence-corrected chi connectivity index (χ4v) is 15.7. The van der Waals surface area contributed by atoms with Crippen LogP contribution in [0, 0.1) is 0 Å². The molecule has 16 rings (SSSR count). The van der Waals surface area contributed by atoms with Crippen molar-refractivity contribution >= 4 is 17.1 Å². The smallest absolute Gasteiger partial charge is 0.132 e. The normalized spacial score (nSPS) is 16.9. The van der Waals surface area contributed by atoms with Crippen molar-refractivity contribution in [3.05, 3.63) is 280 Å². The van der Waals surface area contributed by atoms with Crippen molar-refractivity contribution in [2.75, 3.05) is 4.90 Å². The molecule has 2 nitrogen and oxygen atoms in total. The largest absolute Gasteiger partial charge is 0.457 e. The van der Waals surface area contributed by atoms with Crippen molar-refractivity contribution in [3.63, 3.8) is 0 Å². The molecule has 2 spiro atoms. The van der Waals surface area contributed by atoms with Gasteiger partial charge in [-0.05, 0) is 163 Å². The Morgan fingerprint density at radius 3 is 1.29 bits per heavy atom. The number of ether oxygens (including phenoxy) is 1. The Labute approximate surface area is 447 Å². The van der Waals surface area contributed by atoms with Gasteiger partial charge in [0, 0.05) is 28.1 Å². The maximum Gasteiger partial charge on any atom is 0.132 e. The second-order valence-electron chi connectivity index (χ2n) is 22.6. The molecule has 6 aliphatic rings. The van der Waals surface area contributed by atoms with Gasteiger partial charge < -0.3 is 9.64 Å². The van der Waals surface area contributed by atoms with E-state index in [9.17, 15) is 0 Å². The number of fused-ring (bicyclic) bond motifs is 19. The van der Waals surface area contributed by atoms with E-state index in [0.29, 0.717) is 11.8 Å². The Balaban J connectivity index is 0.974. The first kappa shape index (κ1) is 44.1. The minimum atomic E-state index is -0.619. The van der Waals surface area contributed by atoms with Crippen LogP contribution in [0.1, 0.15) is 132 Å². The van der Waals surface area contributed by atoms with Gasteiger partial charge in [-0.3, -0.25) is 0 Å². The summed E-state index contributed by atoms with van der Waals surface area (Å²) in [7, 11) is 0. The molecule has 2 saturated carbocycles. The molecule has 10 aromatic rings. The minimum absolute atomic E-state index is 0.486. The molecule has 2 fully saturated rings. The summed E-state index contributed by atoms with van der Waals surface area (Å²) < 4.78 is 7.23. The lowest BCUT2D eigenvalue weighted by molar-refractivity contribution is 0.433. The van der Waals surface area contributed by atoms with Gasteiger partial charge in [-0.1, -0.05) is 221 Å². The van der Waals surface area contributed by atoms with E-state index in [1.165, 1.54) is 164 Å². The molecule has 2 heteroatoms. The van der Waals surface area contributed by atoms with Crippen LogP contribution in [0.15, 0.2) is 224 Å². The minimum Gasteiger partial charge on any atom is -0.457 e. The van der Waals surface area contributed by atoms with Gasteiger partial charge in [0.15, 0.2) is 0 Å². The third kappa shape index (κ3) is 6.22. The molecule has 5 aliphatic carbocycles. The van der Waals surface area contributed by atoms with Gasteiger partial charge >= 0.3 is 0 Å². The quantitative estimate of drug-likeness (QED) is 0.165. The molecule has 0 bridgehead atoms. The topological polar surface area (TPSA) is 12.5 Å². The van der Waals surface area contributed by atoms with Crippen LogP contribution in [0.25, 0.3) is 44.5 Å². The number of benzene rings is 10. The summed E-state index contributed by atoms with van der Waals surface area (Å²) in [6.07, 6.45) is 12.9. The Kier molecular flexibility index (Phi) is 9.97. The summed E-state index contributed by atoms with van der Waals surface area (Å²) in [5, 5.41) is 0. The van der Waals surface area contributed by atoms with E-state index >= 15 is 0 Å². The van der Waals surface area contributed by atoms with E-state index in [1.807, 2.05) is 0 Å². The molecule has 0 saturated heterocycles. The van der Waals surface area contributed by atoms with E-state index in [0.717, 1.165) is 28.6 Å². The van der Waals surface area contributed by atoms with Crippen molar-refractivity contribution in [1.82, 2.24) is 0 Å². The highest BCUT2D eigenvalue weighted by Gasteiger charge is 2.54. The fourth-order valence-electron chi connectivity index (χ4n) is 15.7. The zero-order chi connectivity index (χ0) is 50.0. The van der Waals surface area contributed by atoms with E-state index in [-0.39, 0.29) is 0 Å². The van der Waals surface area contributed by atoms with E-state index in [1.54, 1.807) is 0 Å². The molecule has 0 atom stereocenters. The van der Waals surface area contributed by atoms with Crippen LogP contribution >= 0.6 is 0 Å². The van der Waals surface area contributed by atoms with E-state index in [2.05, 4.69) is 229 Å². The highest BCUT2D eigenvalue weighted by Crippen LogP contribution is 2.66. The molecule has 10 aromatic carbocycles. The highest BCUT2D eigenvalue weighted by atomic mass is 16.5. The van der Waals surface area contributed by atoms with Crippen LogP contribution in [-0.4, -0.2) is 0 Å². The number of anilines is 3. The molecule has 1 heterocycles. The highest BCUT2D eigenvalue weighted by molar-refractivity contribution is 5.98. The fraction of sp³-hybridized carbons (Fsp3) is 0.189. The maximum atomic E-state index is 7.23. The molecular formula is C74H59NO. The van der Waals surface area contributed by atoms with Gasteiger partial charge in [-0.15, -0.1) is 0 Å². The predicted octanol–water partition coefficient (Wildman–Crippen LogP) is 19.7. The van der Waals surface area contributed by atoms with Crippen LogP contribution < -0.4 is 9.64 Å². The monoisotopic (exact) mass is 977 g/mol. The van der Waals surface area contributed by atoms with Crippen LogP contribution in [0.4, 0.5) is 17.1 Å². The zero-order valence-corrected chi connectivity index (χ0v) is 42.9. The second-order valence-corrected chi connectivity index (χ2v) is 22.6. The van der Waals surface area contributed by atoms with Gasteiger partial charge in [0.1, 0.15) is 11.5 Å². The van der Waals surface area contributed by atoms with Crippen molar-refractivity contribution in [2.24, 2.45) is 0 Å². The molecule has 0 aromatic heterocycles. The number of hydrogen-bond donors (Lipinski definition) is 0. The third-order valence-corrected chi connectivity index (χ3v) is 18.9. The average Bonchev–Trinajstić information content (AvgIpc) is 4.22. The number of rotatable bonds is 6. The first-order valence-electron chi connectivity index (χ1n) is 28.3. The molecule has 0 amide bonds. The second kappa shape index (κ2) is 17.2. The van der Waals surface area contributed by atoms with Gasteiger partial charge in [0.25, 0.3) is 0 Å². The Bertz CT molecular complexity index is 3830. The molecule has 0 unspecified atom stereocenters. The van der Waals surface area contributed by atoms with Gasteiger partial charge in [0.2, 0.25) is 0 Å². The lowest BCUT2D eigenvalue weighted by atomic mass is 9.65. The summed E-state index contributed by atoms with van der Waals surface area (Å²) in [6, 6.07) is 86.2. The molecule has 76 heavy (non-hydrogen) atoms. The number of nitrogens with zero attached hydrogens (tertiary/aromatic N) is 1. The molecule has 1 aliphatic heterocycles. The standard InChI is InChI=1S/C74H59NO/c1-4-20-48(21-5-1)51-36-40-59-60-41-37-52(49-22-6-2-7-23-49)45-67(60)74(66(59)44-51)65-33-17-19-35-71(65)76-72-43-39-54(47-69(72)74)75(70-34-18-13-26-55(70)50-24-8-3-9-25-50)53-38-42-61-58-29-12-16-32-64(58)73(68(61)46-53)62-30-14-10-27-56(62)57-28-11-15-31-63(57)73/h3,8-19,24-49H,1-2,4-7,20-23H2. The van der Waals surface area contributed by atoms with Crippen molar-refractivity contribution in [3.8, 4) is 56.0 Å². The average molecular weight is 978 g/mol. The van der Waals surface area contributed by atoms with Crippen molar-refractivity contribution in [1.29, 1.82) is 0 Å². The van der Waals surface area contributed by atoms with Crippen LogP contribution in [0.5, 0.6) is 11.5 Å². The summed E-state index contributed by atoms with van der Waals surface area (Å²) in [4.78, 5) is 2.56. The summed E-state index contributed by atoms with van der Waals surface area (Å²) in [5.74, 6) is 3.00. The molecule has 0 N–H and O–H groups in total. The number of para-hydroxylation sites is 2. The molecule has 0 radical (unpaired) electrons. The van der Waals surface area contributed by atoms with E-state index in [4.69, 9.17) is 4.74 Å². The lowest BCUT2D eigenvalue weighted by Gasteiger charge is -2.41. The SMILES string of the molecule is c1ccc(-c2ccccc2N(c2ccc3c(c2)C2(c4ccccc4O3)c3cc(C4CCCCC4)ccc3-c3ccc(C4CCCCC4)cc32)c2ccc3c(c2)C2(c4ccccc4-c4ccccc42)c2ccccc2-3)cc1. The molecule has 366 valence electrons. The Morgan fingerprint density at radius 1 is 0.303 bits per heavy atom. The first-order valence-corrected chi connectivity index (χ1v) is 28.3. The number of hydrogen-bond acceptors (Lipinski definition) is 2.